The van der Waals surface area contributed by atoms with E-state index < -0.39 is 0 Å². The largest absolute Gasteiger partial charge is 0.396 e. The van der Waals surface area contributed by atoms with E-state index in [1.54, 1.807) is 0 Å². The van der Waals surface area contributed by atoms with Crippen LogP contribution in [0.5, 0.6) is 0 Å². The van der Waals surface area contributed by atoms with Crippen molar-refractivity contribution in [1.29, 1.82) is 0 Å². The summed E-state index contributed by atoms with van der Waals surface area (Å²) in [6, 6.07) is 6.76. The maximum atomic E-state index is 9.67. The van der Waals surface area contributed by atoms with Crippen molar-refractivity contribution in [3.8, 4) is 0 Å². The summed E-state index contributed by atoms with van der Waals surface area (Å²) in [7, 11) is 3.97. The molecule has 4 heteroatoms. The number of likely N-dealkylation sites (N-methyl/N-ethyl adjacent to an activating group) is 1. The van der Waals surface area contributed by atoms with Gasteiger partial charge in [0.15, 0.2) is 0 Å². The van der Waals surface area contributed by atoms with Gasteiger partial charge in [0, 0.05) is 43.4 Å². The van der Waals surface area contributed by atoms with E-state index >= 15 is 0 Å². The topological polar surface area (TPSA) is 48.5 Å². The Morgan fingerprint density at radius 2 is 2.33 bits per heavy atom. The molecule has 1 fully saturated rings. The Morgan fingerprint density at radius 1 is 1.48 bits per heavy atom. The van der Waals surface area contributed by atoms with Crippen LogP contribution in [-0.4, -0.2) is 48.3 Å². The fraction of sp³-hybridized carbons (Fsp3) is 0.529. The van der Waals surface area contributed by atoms with Crippen LogP contribution in [0, 0.1) is 5.92 Å². The molecule has 1 saturated heterocycles. The summed E-state index contributed by atoms with van der Waals surface area (Å²) in [4.78, 5) is 5.75. The maximum Gasteiger partial charge on any atom is 0.110 e. The van der Waals surface area contributed by atoms with Crippen molar-refractivity contribution in [3.05, 3.63) is 35.5 Å². The standard InChI is InChI=1S/C17H22N2O2/c1-19-9-11(10-20)7-17(21-2)13-4-3-5-14-16(13)12(8-18-14)6-15(17)19/h3-5,8,11,15,18,20H,6-7,9-10H2,1-2H3/t11-,15+,17-/m0/s1. The van der Waals surface area contributed by atoms with E-state index in [2.05, 4.69) is 41.3 Å². The Morgan fingerprint density at radius 3 is 3.10 bits per heavy atom. The van der Waals surface area contributed by atoms with Crippen molar-refractivity contribution < 1.29 is 9.84 Å². The average molecular weight is 286 g/mol. The number of methoxy groups -OCH3 is 1. The van der Waals surface area contributed by atoms with Crippen molar-refractivity contribution in [2.45, 2.75) is 24.5 Å². The zero-order valence-electron chi connectivity index (χ0n) is 12.6. The van der Waals surface area contributed by atoms with Gasteiger partial charge < -0.3 is 14.8 Å². The van der Waals surface area contributed by atoms with Crippen molar-refractivity contribution in [1.82, 2.24) is 9.88 Å². The molecule has 2 N–H and O–H groups in total. The van der Waals surface area contributed by atoms with E-state index in [1.807, 2.05) is 7.11 Å². The predicted octanol–water partition coefficient (Wildman–Crippen LogP) is 1.88. The lowest BCUT2D eigenvalue weighted by Gasteiger charge is -2.52. The van der Waals surface area contributed by atoms with Crippen LogP contribution in [0.3, 0.4) is 0 Å². The van der Waals surface area contributed by atoms with Gasteiger partial charge in [-0.2, -0.15) is 0 Å². The lowest BCUT2D eigenvalue weighted by molar-refractivity contribution is -0.130. The minimum absolute atomic E-state index is 0.220. The van der Waals surface area contributed by atoms with Crippen LogP contribution in [0.25, 0.3) is 10.9 Å². The number of fused-ring (bicyclic) bond motifs is 2. The van der Waals surface area contributed by atoms with Gasteiger partial charge in [0.1, 0.15) is 5.60 Å². The molecule has 0 radical (unpaired) electrons. The molecule has 112 valence electrons. The smallest absolute Gasteiger partial charge is 0.110 e. The fourth-order valence-corrected chi connectivity index (χ4v) is 4.56. The van der Waals surface area contributed by atoms with Crippen molar-refractivity contribution >= 4 is 10.9 Å². The summed E-state index contributed by atoms with van der Waals surface area (Å²) in [6.45, 7) is 1.15. The minimum Gasteiger partial charge on any atom is -0.396 e. The second-order valence-electron chi connectivity index (χ2n) is 6.55. The average Bonchev–Trinajstić information content (AvgIpc) is 2.93. The highest BCUT2D eigenvalue weighted by Crippen LogP contribution is 2.49. The number of H-pyrrole nitrogens is 1. The van der Waals surface area contributed by atoms with Crippen LogP contribution < -0.4 is 0 Å². The summed E-state index contributed by atoms with van der Waals surface area (Å²) in [5, 5.41) is 11.0. The molecule has 1 aromatic carbocycles. The number of aromatic amines is 1. The molecule has 2 aromatic rings. The van der Waals surface area contributed by atoms with Crippen LogP contribution in [0.4, 0.5) is 0 Å². The van der Waals surface area contributed by atoms with Gasteiger partial charge in [0.05, 0.1) is 0 Å². The Hall–Kier alpha value is -1.36. The number of hydrogen-bond acceptors (Lipinski definition) is 3. The normalized spacial score (nSPS) is 32.3. The Bertz CT molecular complexity index is 680. The van der Waals surface area contributed by atoms with E-state index in [1.165, 1.54) is 22.0 Å². The number of nitrogens with zero attached hydrogens (tertiary/aromatic N) is 1. The summed E-state index contributed by atoms with van der Waals surface area (Å²) < 4.78 is 6.14. The SMILES string of the molecule is CO[C@]12C[C@H](CO)CN(C)[C@@H]1Cc1c[nH]c3cccc2c13. The number of benzene rings is 1. The number of aromatic nitrogens is 1. The molecule has 1 aliphatic carbocycles. The third kappa shape index (κ3) is 1.67. The van der Waals surface area contributed by atoms with E-state index in [9.17, 15) is 5.11 Å². The number of hydrogen-bond donors (Lipinski definition) is 2. The third-order valence-corrected chi connectivity index (χ3v) is 5.49. The highest BCUT2D eigenvalue weighted by molar-refractivity contribution is 5.88. The van der Waals surface area contributed by atoms with Crippen LogP contribution in [0.15, 0.2) is 24.4 Å². The van der Waals surface area contributed by atoms with Crippen LogP contribution >= 0.6 is 0 Å². The van der Waals surface area contributed by atoms with Gasteiger partial charge in [0.2, 0.25) is 0 Å². The first-order valence-corrected chi connectivity index (χ1v) is 7.65. The van der Waals surface area contributed by atoms with Gasteiger partial charge in [-0.05, 0) is 43.0 Å². The van der Waals surface area contributed by atoms with Crippen LogP contribution in [0.2, 0.25) is 0 Å². The number of rotatable bonds is 2. The zero-order chi connectivity index (χ0) is 14.6. The number of aliphatic hydroxyl groups is 1. The predicted molar refractivity (Wildman–Crippen MR) is 82.3 cm³/mol. The molecular weight excluding hydrogens is 264 g/mol. The Labute approximate surface area is 124 Å². The summed E-state index contributed by atoms with van der Waals surface area (Å²) in [5.74, 6) is 0.266. The Balaban J connectivity index is 1.96. The minimum atomic E-state index is -0.310. The lowest BCUT2D eigenvalue weighted by atomic mass is 9.69. The lowest BCUT2D eigenvalue weighted by Crippen LogP contribution is -2.59. The molecule has 1 aromatic heterocycles. The van der Waals surface area contributed by atoms with E-state index in [0.717, 1.165) is 19.4 Å². The van der Waals surface area contributed by atoms with Crippen molar-refractivity contribution in [3.63, 3.8) is 0 Å². The van der Waals surface area contributed by atoms with Crippen molar-refractivity contribution in [2.24, 2.45) is 5.92 Å². The van der Waals surface area contributed by atoms with Gasteiger partial charge in [-0.3, -0.25) is 4.90 Å². The second kappa shape index (κ2) is 4.57. The number of nitrogens with one attached hydrogen (secondary N) is 1. The number of aliphatic hydroxyl groups excluding tert-OH is 1. The Kier molecular flexibility index (Phi) is 2.89. The quantitative estimate of drug-likeness (QED) is 0.886. The number of piperidine rings is 1. The zero-order valence-corrected chi connectivity index (χ0v) is 12.6. The summed E-state index contributed by atoms with van der Waals surface area (Å²) in [6.07, 6.45) is 4.03. The molecular formula is C17H22N2O2. The first-order chi connectivity index (χ1) is 10.2. The van der Waals surface area contributed by atoms with Gasteiger partial charge >= 0.3 is 0 Å². The van der Waals surface area contributed by atoms with E-state index in [4.69, 9.17) is 4.74 Å². The summed E-state index contributed by atoms with van der Waals surface area (Å²) in [5.41, 5.74) is 3.54. The second-order valence-corrected chi connectivity index (χ2v) is 6.55. The fourth-order valence-electron chi connectivity index (χ4n) is 4.56. The van der Waals surface area contributed by atoms with Gasteiger partial charge in [-0.1, -0.05) is 12.1 Å². The molecule has 1 aliphatic heterocycles. The number of ether oxygens (including phenoxy) is 1. The van der Waals surface area contributed by atoms with Gasteiger partial charge in [-0.15, -0.1) is 0 Å². The molecule has 3 atom stereocenters. The first kappa shape index (κ1) is 13.3. The summed E-state index contributed by atoms with van der Waals surface area (Å²) >= 11 is 0. The molecule has 0 unspecified atom stereocenters. The molecule has 4 rings (SSSR count). The van der Waals surface area contributed by atoms with Crippen LogP contribution in [0.1, 0.15) is 17.5 Å². The molecule has 4 nitrogen and oxygen atoms in total. The monoisotopic (exact) mass is 286 g/mol. The molecule has 0 bridgehead atoms. The van der Waals surface area contributed by atoms with Crippen LogP contribution in [-0.2, 0) is 16.8 Å². The first-order valence-electron chi connectivity index (χ1n) is 7.65. The molecule has 0 saturated carbocycles. The molecule has 0 amide bonds. The maximum absolute atomic E-state index is 9.67. The molecule has 2 heterocycles. The number of likely N-dealkylation sites (tertiary alicyclic amines) is 1. The van der Waals surface area contributed by atoms with E-state index in [0.29, 0.717) is 6.04 Å². The van der Waals surface area contributed by atoms with E-state index in [-0.39, 0.29) is 18.1 Å². The third-order valence-electron chi connectivity index (χ3n) is 5.49. The molecule has 0 spiro atoms. The van der Waals surface area contributed by atoms with Crippen molar-refractivity contribution in [2.75, 3.05) is 27.3 Å². The highest BCUT2D eigenvalue weighted by Gasteiger charge is 2.51. The van der Waals surface area contributed by atoms with Gasteiger partial charge in [0.25, 0.3) is 0 Å². The highest BCUT2D eigenvalue weighted by atomic mass is 16.5. The molecule has 2 aliphatic rings. The van der Waals surface area contributed by atoms with Gasteiger partial charge in [-0.25, -0.2) is 0 Å². The molecule has 21 heavy (non-hydrogen) atoms.